The standard InChI is InChI=1S/C10H9N3O2S/c14-10(15)7-2-1-3-12-9(7)13-6-8-11-4-5-16-8/h1-5H,6H2,(H,12,13)(H,14,15). The van der Waals surface area contributed by atoms with E-state index < -0.39 is 5.97 Å². The Balaban J connectivity index is 2.12. The molecule has 6 heteroatoms. The van der Waals surface area contributed by atoms with E-state index in [1.807, 2.05) is 5.38 Å². The summed E-state index contributed by atoms with van der Waals surface area (Å²) in [5.74, 6) is -0.625. The topological polar surface area (TPSA) is 75.1 Å². The second-order valence-electron chi connectivity index (χ2n) is 2.98. The van der Waals surface area contributed by atoms with Crippen molar-refractivity contribution >= 4 is 23.1 Å². The summed E-state index contributed by atoms with van der Waals surface area (Å²) in [5, 5.41) is 14.6. The molecule has 5 nitrogen and oxygen atoms in total. The van der Waals surface area contributed by atoms with Crippen LogP contribution >= 0.6 is 11.3 Å². The number of nitrogens with one attached hydrogen (secondary N) is 1. The summed E-state index contributed by atoms with van der Waals surface area (Å²) in [7, 11) is 0. The molecule has 0 fully saturated rings. The molecule has 0 bridgehead atoms. The van der Waals surface area contributed by atoms with E-state index in [1.165, 1.54) is 17.4 Å². The normalized spacial score (nSPS) is 10.0. The van der Waals surface area contributed by atoms with Crippen molar-refractivity contribution in [1.82, 2.24) is 9.97 Å². The van der Waals surface area contributed by atoms with E-state index >= 15 is 0 Å². The summed E-state index contributed by atoms with van der Waals surface area (Å²) in [6, 6.07) is 3.11. The van der Waals surface area contributed by atoms with Gasteiger partial charge in [-0.2, -0.15) is 0 Å². The van der Waals surface area contributed by atoms with Gasteiger partial charge >= 0.3 is 5.97 Å². The second-order valence-corrected chi connectivity index (χ2v) is 3.96. The molecule has 0 saturated heterocycles. The van der Waals surface area contributed by atoms with Crippen LogP contribution in [0.25, 0.3) is 0 Å². The lowest BCUT2D eigenvalue weighted by Crippen LogP contribution is -2.07. The van der Waals surface area contributed by atoms with Crippen molar-refractivity contribution in [3.63, 3.8) is 0 Å². The molecule has 0 aliphatic rings. The van der Waals surface area contributed by atoms with Gasteiger partial charge in [-0.05, 0) is 12.1 Å². The number of rotatable bonds is 4. The minimum Gasteiger partial charge on any atom is -0.478 e. The number of aromatic carboxylic acids is 1. The van der Waals surface area contributed by atoms with E-state index in [0.717, 1.165) is 5.01 Å². The van der Waals surface area contributed by atoms with Gasteiger partial charge in [0.1, 0.15) is 16.4 Å². The first kappa shape index (κ1) is 10.6. The number of carboxylic acid groups (broad SMARTS) is 1. The monoisotopic (exact) mass is 235 g/mol. The fraction of sp³-hybridized carbons (Fsp3) is 0.100. The SMILES string of the molecule is O=C(O)c1cccnc1NCc1nccs1. The first-order valence-electron chi connectivity index (χ1n) is 4.58. The number of nitrogens with zero attached hydrogens (tertiary/aromatic N) is 2. The Labute approximate surface area is 95.8 Å². The van der Waals surface area contributed by atoms with Gasteiger partial charge in [-0.3, -0.25) is 0 Å². The lowest BCUT2D eigenvalue weighted by atomic mass is 10.2. The molecule has 2 heterocycles. The van der Waals surface area contributed by atoms with E-state index in [4.69, 9.17) is 5.11 Å². The Bertz CT molecular complexity index is 485. The van der Waals surface area contributed by atoms with Crippen molar-refractivity contribution in [2.45, 2.75) is 6.54 Å². The molecule has 0 saturated carbocycles. The fourth-order valence-corrected chi connectivity index (χ4v) is 1.77. The van der Waals surface area contributed by atoms with Crippen LogP contribution in [0.4, 0.5) is 5.82 Å². The molecule has 2 aromatic rings. The number of carbonyl (C=O) groups is 1. The van der Waals surface area contributed by atoms with Crippen LogP contribution in [-0.2, 0) is 6.54 Å². The number of pyridine rings is 1. The highest BCUT2D eigenvalue weighted by Gasteiger charge is 2.10. The molecular weight excluding hydrogens is 226 g/mol. The highest BCUT2D eigenvalue weighted by atomic mass is 32.1. The number of carboxylic acids is 1. The van der Waals surface area contributed by atoms with E-state index in [1.54, 1.807) is 18.5 Å². The molecule has 2 N–H and O–H groups in total. The minimum atomic E-state index is -0.991. The summed E-state index contributed by atoms with van der Waals surface area (Å²) in [5.41, 5.74) is 0.166. The van der Waals surface area contributed by atoms with Crippen molar-refractivity contribution < 1.29 is 9.90 Å². The first-order valence-corrected chi connectivity index (χ1v) is 5.46. The minimum absolute atomic E-state index is 0.166. The van der Waals surface area contributed by atoms with Crippen LogP contribution in [0.3, 0.4) is 0 Å². The Morgan fingerprint density at radius 3 is 3.00 bits per heavy atom. The number of aromatic nitrogens is 2. The molecule has 0 aliphatic carbocycles. The summed E-state index contributed by atoms with van der Waals surface area (Å²) in [6.07, 6.45) is 3.26. The van der Waals surface area contributed by atoms with E-state index in [2.05, 4.69) is 15.3 Å². The number of thiazole rings is 1. The number of hydrogen-bond acceptors (Lipinski definition) is 5. The van der Waals surface area contributed by atoms with Crippen LogP contribution in [0.1, 0.15) is 15.4 Å². The van der Waals surface area contributed by atoms with Gasteiger partial charge in [0.2, 0.25) is 0 Å². The Morgan fingerprint density at radius 1 is 1.44 bits per heavy atom. The van der Waals surface area contributed by atoms with E-state index in [0.29, 0.717) is 12.4 Å². The third kappa shape index (κ3) is 2.34. The smallest absolute Gasteiger partial charge is 0.339 e. The van der Waals surface area contributed by atoms with Gasteiger partial charge in [-0.1, -0.05) is 0 Å². The van der Waals surface area contributed by atoms with Gasteiger partial charge < -0.3 is 10.4 Å². The average molecular weight is 235 g/mol. The number of anilines is 1. The molecule has 0 unspecified atom stereocenters. The lowest BCUT2D eigenvalue weighted by Gasteiger charge is -2.05. The summed E-state index contributed by atoms with van der Waals surface area (Å²) in [4.78, 5) is 19.0. The highest BCUT2D eigenvalue weighted by molar-refractivity contribution is 7.09. The second kappa shape index (κ2) is 4.71. The van der Waals surface area contributed by atoms with Crippen molar-refractivity contribution in [3.8, 4) is 0 Å². The van der Waals surface area contributed by atoms with Gasteiger partial charge in [0.15, 0.2) is 0 Å². The maximum atomic E-state index is 10.9. The fourth-order valence-electron chi connectivity index (χ4n) is 1.22. The van der Waals surface area contributed by atoms with Crippen molar-refractivity contribution in [2.24, 2.45) is 0 Å². The quantitative estimate of drug-likeness (QED) is 0.845. The molecule has 0 amide bonds. The molecule has 82 valence electrons. The van der Waals surface area contributed by atoms with Crippen LogP contribution in [0, 0.1) is 0 Å². The van der Waals surface area contributed by atoms with E-state index in [-0.39, 0.29) is 5.56 Å². The van der Waals surface area contributed by atoms with E-state index in [9.17, 15) is 4.79 Å². The van der Waals surface area contributed by atoms with Gasteiger partial charge in [0, 0.05) is 17.8 Å². The Hall–Kier alpha value is -1.95. The zero-order valence-electron chi connectivity index (χ0n) is 8.25. The molecule has 16 heavy (non-hydrogen) atoms. The largest absolute Gasteiger partial charge is 0.478 e. The summed E-state index contributed by atoms with van der Waals surface area (Å²) >= 11 is 1.51. The van der Waals surface area contributed by atoms with Crippen molar-refractivity contribution in [2.75, 3.05) is 5.32 Å². The molecule has 0 radical (unpaired) electrons. The third-order valence-electron chi connectivity index (χ3n) is 1.93. The summed E-state index contributed by atoms with van der Waals surface area (Å²) in [6.45, 7) is 0.481. The van der Waals surface area contributed by atoms with Crippen LogP contribution in [0.15, 0.2) is 29.9 Å². The van der Waals surface area contributed by atoms with Crippen molar-refractivity contribution in [3.05, 3.63) is 40.5 Å². The molecule has 0 spiro atoms. The number of hydrogen-bond donors (Lipinski definition) is 2. The average Bonchev–Trinajstić information content (AvgIpc) is 2.79. The molecule has 0 aliphatic heterocycles. The maximum absolute atomic E-state index is 10.9. The van der Waals surface area contributed by atoms with Crippen LogP contribution in [0.2, 0.25) is 0 Å². The molecular formula is C10H9N3O2S. The Kier molecular flexibility index (Phi) is 3.11. The lowest BCUT2D eigenvalue weighted by molar-refractivity contribution is 0.0697. The van der Waals surface area contributed by atoms with Crippen LogP contribution in [-0.4, -0.2) is 21.0 Å². The zero-order valence-corrected chi connectivity index (χ0v) is 9.07. The van der Waals surface area contributed by atoms with Gasteiger partial charge in [0.25, 0.3) is 0 Å². The van der Waals surface area contributed by atoms with Gasteiger partial charge in [0.05, 0.1) is 6.54 Å². The molecule has 2 rings (SSSR count). The van der Waals surface area contributed by atoms with Gasteiger partial charge in [-0.25, -0.2) is 14.8 Å². The predicted octanol–water partition coefficient (Wildman–Crippen LogP) is 1.85. The molecule has 0 aromatic carbocycles. The molecule has 0 atom stereocenters. The Morgan fingerprint density at radius 2 is 2.31 bits per heavy atom. The molecule has 2 aromatic heterocycles. The zero-order chi connectivity index (χ0) is 11.4. The predicted molar refractivity (Wildman–Crippen MR) is 60.6 cm³/mol. The highest BCUT2D eigenvalue weighted by Crippen LogP contribution is 2.13. The maximum Gasteiger partial charge on any atom is 0.339 e. The van der Waals surface area contributed by atoms with Crippen molar-refractivity contribution in [1.29, 1.82) is 0 Å². The van der Waals surface area contributed by atoms with Crippen LogP contribution in [0.5, 0.6) is 0 Å². The van der Waals surface area contributed by atoms with Gasteiger partial charge in [-0.15, -0.1) is 11.3 Å². The third-order valence-corrected chi connectivity index (χ3v) is 2.71. The van der Waals surface area contributed by atoms with Crippen LogP contribution < -0.4 is 5.32 Å². The first-order chi connectivity index (χ1) is 7.77. The summed E-state index contributed by atoms with van der Waals surface area (Å²) < 4.78 is 0.